The van der Waals surface area contributed by atoms with Crippen LogP contribution in [0.2, 0.25) is 0 Å². The van der Waals surface area contributed by atoms with Gasteiger partial charge in [-0.25, -0.2) is 0 Å². The highest BCUT2D eigenvalue weighted by molar-refractivity contribution is 7.86. The molecule has 19 heavy (non-hydrogen) atoms. The SMILES string of the molecule is Cc1ccc(S(=O)(=O)OCCN2CCCCC2)cc1. The number of nitrogens with zero attached hydrogens (tertiary/aromatic N) is 1. The molecule has 0 spiro atoms. The van der Waals surface area contributed by atoms with Gasteiger partial charge in [-0.15, -0.1) is 0 Å². The minimum absolute atomic E-state index is 0.232. The number of hydrogen-bond acceptors (Lipinski definition) is 4. The molecular formula is C14H21NO3S. The van der Waals surface area contributed by atoms with Gasteiger partial charge in [0, 0.05) is 6.54 Å². The van der Waals surface area contributed by atoms with Crippen molar-refractivity contribution >= 4 is 10.1 Å². The van der Waals surface area contributed by atoms with Crippen LogP contribution in [-0.4, -0.2) is 39.6 Å². The number of aryl methyl sites for hydroxylation is 1. The maximum absolute atomic E-state index is 11.9. The Hall–Kier alpha value is -0.910. The van der Waals surface area contributed by atoms with Gasteiger partial charge >= 0.3 is 0 Å². The van der Waals surface area contributed by atoms with Crippen LogP contribution in [-0.2, 0) is 14.3 Å². The maximum atomic E-state index is 11.9. The van der Waals surface area contributed by atoms with Gasteiger partial charge in [0.15, 0.2) is 0 Å². The van der Waals surface area contributed by atoms with Gasteiger partial charge in [0.2, 0.25) is 0 Å². The maximum Gasteiger partial charge on any atom is 0.297 e. The van der Waals surface area contributed by atoms with E-state index in [1.807, 2.05) is 6.92 Å². The summed E-state index contributed by atoms with van der Waals surface area (Å²) in [6.45, 7) is 4.94. The van der Waals surface area contributed by atoms with E-state index in [0.29, 0.717) is 6.54 Å². The number of benzene rings is 1. The number of likely N-dealkylation sites (tertiary alicyclic amines) is 1. The molecule has 0 amide bonds. The molecule has 1 fully saturated rings. The van der Waals surface area contributed by atoms with Crippen molar-refractivity contribution in [3.05, 3.63) is 29.8 Å². The molecule has 0 N–H and O–H groups in total. The quantitative estimate of drug-likeness (QED) is 0.777. The molecule has 106 valence electrons. The van der Waals surface area contributed by atoms with E-state index in [1.54, 1.807) is 24.3 Å². The monoisotopic (exact) mass is 283 g/mol. The van der Waals surface area contributed by atoms with Crippen LogP contribution in [0, 0.1) is 6.92 Å². The normalized spacial score (nSPS) is 17.5. The minimum atomic E-state index is -3.60. The first-order valence-electron chi connectivity index (χ1n) is 6.76. The van der Waals surface area contributed by atoms with Crippen molar-refractivity contribution in [2.45, 2.75) is 31.1 Å². The first-order valence-corrected chi connectivity index (χ1v) is 8.17. The molecule has 2 rings (SSSR count). The molecule has 1 aliphatic rings. The smallest absolute Gasteiger partial charge is 0.297 e. The summed E-state index contributed by atoms with van der Waals surface area (Å²) < 4.78 is 29.0. The summed E-state index contributed by atoms with van der Waals surface area (Å²) in [5.41, 5.74) is 1.03. The third-order valence-electron chi connectivity index (χ3n) is 3.40. The van der Waals surface area contributed by atoms with Crippen LogP contribution < -0.4 is 0 Å². The van der Waals surface area contributed by atoms with Crippen molar-refractivity contribution in [3.8, 4) is 0 Å². The Morgan fingerprint density at radius 2 is 1.74 bits per heavy atom. The van der Waals surface area contributed by atoms with E-state index in [4.69, 9.17) is 4.18 Å². The van der Waals surface area contributed by atoms with Crippen molar-refractivity contribution in [1.82, 2.24) is 4.90 Å². The third-order valence-corrected chi connectivity index (χ3v) is 4.73. The molecule has 0 unspecified atom stereocenters. The van der Waals surface area contributed by atoms with Crippen LogP contribution in [0.3, 0.4) is 0 Å². The largest absolute Gasteiger partial charge is 0.301 e. The first-order chi connectivity index (χ1) is 9.08. The molecule has 0 bridgehead atoms. The van der Waals surface area contributed by atoms with Gasteiger partial charge in [0.25, 0.3) is 10.1 Å². The Balaban J connectivity index is 1.85. The molecule has 1 saturated heterocycles. The highest BCUT2D eigenvalue weighted by Crippen LogP contribution is 2.14. The molecule has 0 saturated carbocycles. The summed E-state index contributed by atoms with van der Waals surface area (Å²) in [5.74, 6) is 0. The van der Waals surface area contributed by atoms with Crippen LogP contribution >= 0.6 is 0 Å². The van der Waals surface area contributed by atoms with E-state index in [2.05, 4.69) is 4.90 Å². The topological polar surface area (TPSA) is 46.6 Å². The first kappa shape index (κ1) is 14.5. The van der Waals surface area contributed by atoms with Crippen LogP contribution in [0.5, 0.6) is 0 Å². The highest BCUT2D eigenvalue weighted by Gasteiger charge is 2.16. The zero-order chi connectivity index (χ0) is 13.7. The Morgan fingerprint density at radius 1 is 1.11 bits per heavy atom. The second-order valence-corrected chi connectivity index (χ2v) is 6.61. The van der Waals surface area contributed by atoms with Crippen LogP contribution in [0.25, 0.3) is 0 Å². The highest BCUT2D eigenvalue weighted by atomic mass is 32.2. The second kappa shape index (κ2) is 6.50. The predicted molar refractivity (Wildman–Crippen MR) is 74.6 cm³/mol. The number of piperidine rings is 1. The molecule has 4 nitrogen and oxygen atoms in total. The average molecular weight is 283 g/mol. The summed E-state index contributed by atoms with van der Waals surface area (Å²) in [6, 6.07) is 6.73. The molecule has 1 aliphatic heterocycles. The van der Waals surface area contributed by atoms with Crippen molar-refractivity contribution in [1.29, 1.82) is 0 Å². The molecule has 0 radical (unpaired) electrons. The minimum Gasteiger partial charge on any atom is -0.301 e. The molecule has 0 aliphatic carbocycles. The van der Waals surface area contributed by atoms with Gasteiger partial charge in [-0.05, 0) is 45.0 Å². The Bertz CT molecular complexity index is 490. The lowest BCUT2D eigenvalue weighted by Gasteiger charge is -2.25. The fraction of sp³-hybridized carbons (Fsp3) is 0.571. The number of rotatable bonds is 5. The van der Waals surface area contributed by atoms with Gasteiger partial charge in [-0.3, -0.25) is 4.18 Å². The summed E-state index contributed by atoms with van der Waals surface area (Å²) in [7, 11) is -3.60. The second-order valence-electron chi connectivity index (χ2n) is 4.99. The van der Waals surface area contributed by atoms with Gasteiger partial charge in [-0.1, -0.05) is 24.1 Å². The predicted octanol–water partition coefficient (Wildman–Crippen LogP) is 2.19. The van der Waals surface area contributed by atoms with Gasteiger partial charge in [-0.2, -0.15) is 8.42 Å². The molecule has 5 heteroatoms. The Labute approximate surface area is 115 Å². The van der Waals surface area contributed by atoms with Crippen molar-refractivity contribution in [2.24, 2.45) is 0 Å². The summed E-state index contributed by atoms with van der Waals surface area (Å²) in [4.78, 5) is 2.49. The van der Waals surface area contributed by atoms with Crippen molar-refractivity contribution in [3.63, 3.8) is 0 Å². The van der Waals surface area contributed by atoms with Gasteiger partial charge < -0.3 is 4.90 Å². The molecule has 1 heterocycles. The van der Waals surface area contributed by atoms with Crippen molar-refractivity contribution in [2.75, 3.05) is 26.2 Å². The van der Waals surface area contributed by atoms with E-state index in [1.165, 1.54) is 19.3 Å². The Morgan fingerprint density at radius 3 is 2.37 bits per heavy atom. The van der Waals surface area contributed by atoms with E-state index in [-0.39, 0.29) is 11.5 Å². The Kier molecular flexibility index (Phi) is 4.96. The summed E-state index contributed by atoms with van der Waals surface area (Å²) >= 11 is 0. The summed E-state index contributed by atoms with van der Waals surface area (Å²) in [5, 5.41) is 0. The van der Waals surface area contributed by atoms with Crippen molar-refractivity contribution < 1.29 is 12.6 Å². The zero-order valence-electron chi connectivity index (χ0n) is 11.3. The van der Waals surface area contributed by atoms with Crippen LogP contribution in [0.15, 0.2) is 29.2 Å². The fourth-order valence-electron chi connectivity index (χ4n) is 2.23. The third kappa shape index (κ3) is 4.30. The lowest BCUT2D eigenvalue weighted by atomic mass is 10.1. The van der Waals surface area contributed by atoms with Crippen LogP contribution in [0.1, 0.15) is 24.8 Å². The summed E-state index contributed by atoms with van der Waals surface area (Å²) in [6.07, 6.45) is 3.68. The molecule has 0 atom stereocenters. The van der Waals surface area contributed by atoms with Crippen LogP contribution in [0.4, 0.5) is 0 Å². The average Bonchev–Trinajstić information content (AvgIpc) is 2.40. The van der Waals surface area contributed by atoms with E-state index in [9.17, 15) is 8.42 Å². The lowest BCUT2D eigenvalue weighted by molar-refractivity contribution is 0.186. The van der Waals surface area contributed by atoms with E-state index < -0.39 is 10.1 Å². The fourth-order valence-corrected chi connectivity index (χ4v) is 3.13. The standard InChI is InChI=1S/C14H21NO3S/c1-13-5-7-14(8-6-13)19(16,17)18-12-11-15-9-3-2-4-10-15/h5-8H,2-4,9-12H2,1H3. The molecule has 1 aromatic rings. The lowest BCUT2D eigenvalue weighted by Crippen LogP contribution is -2.33. The number of hydrogen-bond donors (Lipinski definition) is 0. The van der Waals surface area contributed by atoms with E-state index >= 15 is 0 Å². The van der Waals surface area contributed by atoms with Gasteiger partial charge in [0.1, 0.15) is 0 Å². The molecular weight excluding hydrogens is 262 g/mol. The zero-order valence-corrected chi connectivity index (χ0v) is 12.2. The van der Waals surface area contributed by atoms with Gasteiger partial charge in [0.05, 0.1) is 11.5 Å². The molecule has 0 aromatic heterocycles. The molecule has 1 aromatic carbocycles. The van der Waals surface area contributed by atoms with E-state index in [0.717, 1.165) is 18.7 Å².